The number of aliphatic hydroxyl groups excluding tert-OH is 1. The summed E-state index contributed by atoms with van der Waals surface area (Å²) < 4.78 is 2.36. The van der Waals surface area contributed by atoms with E-state index in [1.54, 1.807) is 0 Å². The number of unbranched alkanes of at least 4 members (excludes halogenated alkanes) is 3. The Hall–Kier alpha value is -1.86. The lowest BCUT2D eigenvalue weighted by atomic mass is 9.96. The van der Waals surface area contributed by atoms with Gasteiger partial charge in [-0.3, -0.25) is 4.79 Å². The molecule has 0 spiro atoms. The van der Waals surface area contributed by atoms with Gasteiger partial charge in [-0.25, -0.2) is 0 Å². The van der Waals surface area contributed by atoms with E-state index in [1.165, 1.54) is 21.7 Å². The second-order valence-corrected chi connectivity index (χ2v) is 10.4. The molecule has 1 aliphatic rings. The number of fused-ring (bicyclic) bond motifs is 2. The van der Waals surface area contributed by atoms with Gasteiger partial charge in [0.15, 0.2) is 0 Å². The molecule has 0 radical (unpaired) electrons. The molecule has 0 aromatic heterocycles. The van der Waals surface area contributed by atoms with E-state index in [1.807, 2.05) is 6.07 Å². The molecule has 3 N–H and O–H groups in total. The average Bonchev–Trinajstić information content (AvgIpc) is 2.89. The number of carbonyl (C=O) groups is 1. The summed E-state index contributed by atoms with van der Waals surface area (Å²) >= 11 is 6.40. The number of anilines is 1. The van der Waals surface area contributed by atoms with Gasteiger partial charge in [-0.15, -0.1) is 0 Å². The Balaban J connectivity index is 1.66. The molecule has 0 bridgehead atoms. The molecule has 0 fully saturated rings. The molecule has 2 aromatic rings. The van der Waals surface area contributed by atoms with Crippen molar-refractivity contribution in [3.63, 3.8) is 0 Å². The molecule has 1 amide bonds. The van der Waals surface area contributed by atoms with Crippen LogP contribution in [0, 0.1) is 0 Å². The second-order valence-electron chi connectivity index (χ2n) is 7.91. The van der Waals surface area contributed by atoms with Crippen LogP contribution in [0.1, 0.15) is 56.2 Å². The van der Waals surface area contributed by atoms with E-state index in [9.17, 15) is 4.79 Å². The highest BCUT2D eigenvalue weighted by Gasteiger charge is 2.27. The van der Waals surface area contributed by atoms with Crippen LogP contribution in [-0.4, -0.2) is 43.1 Å². The maximum atomic E-state index is 11.6. The lowest BCUT2D eigenvalue weighted by Gasteiger charge is -2.24. The highest BCUT2D eigenvalue weighted by Crippen LogP contribution is 2.46. The highest BCUT2D eigenvalue weighted by molar-refractivity contribution is 8.16. The van der Waals surface area contributed by atoms with Crippen LogP contribution >= 0.6 is 22.3 Å². The van der Waals surface area contributed by atoms with Gasteiger partial charge in [0.25, 0.3) is 0 Å². The Morgan fingerprint density at radius 1 is 1.12 bits per heavy atom. The van der Waals surface area contributed by atoms with Crippen LogP contribution in [0.15, 0.2) is 47.4 Å². The van der Waals surface area contributed by atoms with Gasteiger partial charge in [-0.05, 0) is 61.0 Å². The van der Waals surface area contributed by atoms with Crippen LogP contribution in [0.3, 0.4) is 0 Å². The summed E-state index contributed by atoms with van der Waals surface area (Å²) in [6.07, 6.45) is 4.57. The maximum Gasteiger partial charge on any atom is 0.220 e. The molecule has 0 saturated heterocycles. The van der Waals surface area contributed by atoms with Crippen molar-refractivity contribution in [1.82, 2.24) is 10.6 Å². The number of halogens is 1. The Morgan fingerprint density at radius 2 is 1.91 bits per heavy atom. The Labute approximate surface area is 199 Å². The van der Waals surface area contributed by atoms with Crippen molar-refractivity contribution in [3.05, 3.63) is 58.6 Å². The number of carbonyl (C=O) groups excluding carboxylic acids is 1. The predicted molar refractivity (Wildman–Crippen MR) is 137 cm³/mol. The number of hydrogen-bond acceptors (Lipinski definition) is 4. The lowest BCUT2D eigenvalue weighted by Crippen LogP contribution is -2.26. The van der Waals surface area contributed by atoms with E-state index in [-0.39, 0.29) is 29.2 Å². The van der Waals surface area contributed by atoms with Gasteiger partial charge in [0.05, 0.1) is 18.3 Å². The van der Waals surface area contributed by atoms with Gasteiger partial charge in [-0.1, -0.05) is 59.4 Å². The van der Waals surface area contributed by atoms with E-state index in [2.05, 4.69) is 70.7 Å². The standard InChI is InChI=1S/C25H34ClN3O2S/c1-3-32-23-18-19(26)13-14-21(23)25(20-10-7-8-11-22(20)29(32)2)28-15-9-5-4-6-12-24(31)27-16-17-30/h3,7-8,10-11,13-14,18,25,28,30H,4-6,9,12,15-17H2,1-2H3,(H,27,31). The van der Waals surface area contributed by atoms with Gasteiger partial charge in [0, 0.05) is 29.9 Å². The number of amides is 1. The fraction of sp³-hybridized carbons (Fsp3) is 0.440. The van der Waals surface area contributed by atoms with Crippen molar-refractivity contribution < 1.29 is 9.90 Å². The molecular weight excluding hydrogens is 442 g/mol. The first-order chi connectivity index (χ1) is 15.6. The molecular formula is C25H34ClN3O2S. The zero-order valence-corrected chi connectivity index (χ0v) is 20.5. The molecule has 7 heteroatoms. The van der Waals surface area contributed by atoms with E-state index < -0.39 is 0 Å². The Bertz CT molecular complexity index is 951. The van der Waals surface area contributed by atoms with E-state index in [0.29, 0.717) is 13.0 Å². The summed E-state index contributed by atoms with van der Waals surface area (Å²) in [6.45, 7) is 3.35. The minimum absolute atomic E-state index is 0.00956. The normalized spacial score (nSPS) is 17.6. The molecule has 1 aliphatic heterocycles. The van der Waals surface area contributed by atoms with Crippen LogP contribution < -0.4 is 14.9 Å². The first-order valence-electron chi connectivity index (χ1n) is 11.3. The molecule has 1 heterocycles. The van der Waals surface area contributed by atoms with Crippen molar-refractivity contribution in [3.8, 4) is 0 Å². The van der Waals surface area contributed by atoms with Crippen molar-refractivity contribution in [1.29, 1.82) is 0 Å². The fourth-order valence-corrected chi connectivity index (χ4v) is 6.32. The van der Waals surface area contributed by atoms with Crippen LogP contribution in [0.5, 0.6) is 0 Å². The van der Waals surface area contributed by atoms with E-state index >= 15 is 0 Å². The number of nitrogens with zero attached hydrogens (tertiary/aromatic N) is 1. The topological polar surface area (TPSA) is 64.6 Å². The smallest absolute Gasteiger partial charge is 0.220 e. The lowest BCUT2D eigenvalue weighted by molar-refractivity contribution is -0.121. The number of benzene rings is 2. The van der Waals surface area contributed by atoms with Crippen molar-refractivity contribution in [2.24, 2.45) is 0 Å². The Kier molecular flexibility index (Phi) is 9.60. The summed E-state index contributed by atoms with van der Waals surface area (Å²) in [7, 11) is 1.99. The number of para-hydroxylation sites is 1. The fourth-order valence-electron chi connectivity index (χ4n) is 4.17. The summed E-state index contributed by atoms with van der Waals surface area (Å²) in [4.78, 5) is 12.9. The molecule has 5 nitrogen and oxygen atoms in total. The van der Waals surface area contributed by atoms with E-state index in [0.717, 1.165) is 37.3 Å². The number of rotatable bonds is 10. The third-order valence-electron chi connectivity index (χ3n) is 5.73. The molecule has 0 aliphatic carbocycles. The highest BCUT2D eigenvalue weighted by atomic mass is 35.5. The quantitative estimate of drug-likeness (QED) is 0.338. The van der Waals surface area contributed by atoms with Gasteiger partial charge in [-0.2, -0.15) is 0 Å². The summed E-state index contributed by atoms with van der Waals surface area (Å²) in [5.41, 5.74) is 3.82. The summed E-state index contributed by atoms with van der Waals surface area (Å²) in [6, 6.07) is 15.0. The van der Waals surface area contributed by atoms with Crippen molar-refractivity contribution in [2.45, 2.75) is 50.0 Å². The first kappa shape index (κ1) is 24.8. The summed E-state index contributed by atoms with van der Waals surface area (Å²) in [5, 5.41) is 18.3. The maximum absolute atomic E-state index is 11.6. The zero-order valence-electron chi connectivity index (χ0n) is 18.9. The molecule has 174 valence electrons. The monoisotopic (exact) mass is 475 g/mol. The van der Waals surface area contributed by atoms with Crippen LogP contribution in [0.4, 0.5) is 5.69 Å². The van der Waals surface area contributed by atoms with Gasteiger partial charge in [0.2, 0.25) is 5.91 Å². The van der Waals surface area contributed by atoms with Crippen LogP contribution in [-0.2, 0) is 4.79 Å². The molecule has 2 atom stereocenters. The molecule has 2 unspecified atom stereocenters. The van der Waals surface area contributed by atoms with Gasteiger partial charge in [0.1, 0.15) is 0 Å². The second kappa shape index (κ2) is 12.4. The molecule has 0 saturated carbocycles. The van der Waals surface area contributed by atoms with E-state index in [4.69, 9.17) is 16.7 Å². The van der Waals surface area contributed by atoms with Crippen molar-refractivity contribution >= 4 is 39.2 Å². The summed E-state index contributed by atoms with van der Waals surface area (Å²) in [5.74, 6) is 0.0229. The predicted octanol–water partition coefficient (Wildman–Crippen LogP) is 4.89. The minimum atomic E-state index is -0.170. The third kappa shape index (κ3) is 6.13. The Morgan fingerprint density at radius 3 is 2.69 bits per heavy atom. The SMILES string of the molecule is C/C=S1/c2cc(Cl)ccc2C(NCCCCCCC(=O)NCCO)c2ccccc2N1C. The van der Waals surface area contributed by atoms with Gasteiger partial charge >= 0.3 is 0 Å². The largest absolute Gasteiger partial charge is 0.395 e. The zero-order chi connectivity index (χ0) is 22.9. The molecule has 32 heavy (non-hydrogen) atoms. The van der Waals surface area contributed by atoms with Crippen molar-refractivity contribution in [2.75, 3.05) is 31.0 Å². The van der Waals surface area contributed by atoms with Gasteiger partial charge < -0.3 is 20.0 Å². The molecule has 2 aromatic carbocycles. The number of nitrogens with one attached hydrogen (secondary N) is 2. The average molecular weight is 476 g/mol. The van der Waals surface area contributed by atoms with Crippen LogP contribution in [0.25, 0.3) is 0 Å². The first-order valence-corrected chi connectivity index (χ1v) is 12.9. The minimum Gasteiger partial charge on any atom is -0.395 e. The number of aliphatic hydroxyl groups is 1. The number of hydrogen-bond donors (Lipinski definition) is 3. The molecule has 3 rings (SSSR count). The van der Waals surface area contributed by atoms with Crippen LogP contribution in [0.2, 0.25) is 5.02 Å². The third-order valence-corrected chi connectivity index (χ3v) is 8.00.